The number of rotatable bonds is 6. The van der Waals surface area contributed by atoms with E-state index in [1.807, 2.05) is 0 Å². The average molecular weight is 317 g/mol. The average Bonchev–Trinajstić information content (AvgIpc) is 2.28. The van der Waals surface area contributed by atoms with Crippen molar-refractivity contribution < 1.29 is 4.74 Å². The van der Waals surface area contributed by atoms with Crippen LogP contribution in [0.4, 0.5) is 5.82 Å². The van der Waals surface area contributed by atoms with Gasteiger partial charge in [-0.2, -0.15) is 0 Å². The molecule has 2 N–H and O–H groups in total. The number of nitrogens with zero attached hydrogens (tertiary/aromatic N) is 3. The highest BCUT2D eigenvalue weighted by Gasteiger charge is 2.14. The van der Waals surface area contributed by atoms with Crippen molar-refractivity contribution >= 4 is 21.7 Å². The molecular weight excluding hydrogens is 296 g/mol. The first-order chi connectivity index (χ1) is 8.43. The molecule has 0 atom stereocenters. The van der Waals surface area contributed by atoms with Gasteiger partial charge in [0.2, 0.25) is 5.88 Å². The SMILES string of the molecule is CC(C)N(CCOc1ncnc(N)c1Br)C(C)C. The van der Waals surface area contributed by atoms with Crippen molar-refractivity contribution in [3.8, 4) is 5.88 Å². The quantitative estimate of drug-likeness (QED) is 0.872. The molecule has 0 saturated carbocycles. The Hall–Kier alpha value is -0.880. The maximum Gasteiger partial charge on any atom is 0.233 e. The molecule has 0 aliphatic heterocycles. The molecule has 0 aromatic carbocycles. The topological polar surface area (TPSA) is 64.3 Å². The van der Waals surface area contributed by atoms with E-state index < -0.39 is 0 Å². The van der Waals surface area contributed by atoms with E-state index in [0.29, 0.717) is 34.9 Å². The third kappa shape index (κ3) is 4.10. The number of nitrogen functional groups attached to an aromatic ring is 1. The third-order valence-electron chi connectivity index (χ3n) is 2.70. The molecule has 1 rings (SSSR count). The van der Waals surface area contributed by atoms with Crippen molar-refractivity contribution in [2.75, 3.05) is 18.9 Å². The molecule has 0 unspecified atom stereocenters. The van der Waals surface area contributed by atoms with E-state index in [0.717, 1.165) is 6.54 Å². The van der Waals surface area contributed by atoms with Crippen LogP contribution < -0.4 is 10.5 Å². The summed E-state index contributed by atoms with van der Waals surface area (Å²) in [6.07, 6.45) is 1.40. The third-order valence-corrected chi connectivity index (χ3v) is 3.44. The fourth-order valence-corrected chi connectivity index (χ4v) is 2.15. The summed E-state index contributed by atoms with van der Waals surface area (Å²) in [5.74, 6) is 0.888. The fraction of sp³-hybridized carbons (Fsp3) is 0.667. The predicted octanol–water partition coefficient (Wildman–Crippen LogP) is 2.32. The predicted molar refractivity (Wildman–Crippen MR) is 76.6 cm³/mol. The fourth-order valence-electron chi connectivity index (χ4n) is 1.83. The monoisotopic (exact) mass is 316 g/mol. The van der Waals surface area contributed by atoms with Crippen LogP contribution in [0.5, 0.6) is 5.88 Å². The lowest BCUT2D eigenvalue weighted by molar-refractivity contribution is 0.140. The molecule has 1 aromatic heterocycles. The molecule has 0 aliphatic carbocycles. The van der Waals surface area contributed by atoms with Crippen molar-refractivity contribution in [3.63, 3.8) is 0 Å². The van der Waals surface area contributed by atoms with Gasteiger partial charge in [0.15, 0.2) is 0 Å². The number of anilines is 1. The van der Waals surface area contributed by atoms with E-state index in [1.54, 1.807) is 0 Å². The minimum atomic E-state index is 0.393. The molecule has 0 fully saturated rings. The van der Waals surface area contributed by atoms with Gasteiger partial charge in [-0.15, -0.1) is 0 Å². The van der Waals surface area contributed by atoms with E-state index in [2.05, 4.69) is 58.5 Å². The highest BCUT2D eigenvalue weighted by molar-refractivity contribution is 9.10. The Morgan fingerprint density at radius 1 is 1.28 bits per heavy atom. The Kier molecular flexibility index (Phi) is 5.81. The molecule has 0 aliphatic rings. The van der Waals surface area contributed by atoms with E-state index in [4.69, 9.17) is 10.5 Å². The first-order valence-electron chi connectivity index (χ1n) is 6.08. The van der Waals surface area contributed by atoms with Crippen LogP contribution in [-0.2, 0) is 0 Å². The summed E-state index contributed by atoms with van der Waals surface area (Å²) in [7, 11) is 0. The first-order valence-corrected chi connectivity index (χ1v) is 6.87. The Bertz CT molecular complexity index is 376. The van der Waals surface area contributed by atoms with Crippen LogP contribution >= 0.6 is 15.9 Å². The van der Waals surface area contributed by atoms with Crippen LogP contribution in [0.15, 0.2) is 10.8 Å². The van der Waals surface area contributed by atoms with Crippen LogP contribution in [0.25, 0.3) is 0 Å². The van der Waals surface area contributed by atoms with Gasteiger partial charge in [0, 0.05) is 18.6 Å². The van der Waals surface area contributed by atoms with Gasteiger partial charge in [-0.05, 0) is 43.6 Å². The summed E-state index contributed by atoms with van der Waals surface area (Å²) in [5.41, 5.74) is 5.66. The number of halogens is 1. The molecule has 0 amide bonds. The van der Waals surface area contributed by atoms with E-state index in [-0.39, 0.29) is 0 Å². The smallest absolute Gasteiger partial charge is 0.233 e. The minimum absolute atomic E-state index is 0.393. The second-order valence-electron chi connectivity index (χ2n) is 4.65. The minimum Gasteiger partial charge on any atom is -0.475 e. The van der Waals surface area contributed by atoms with Gasteiger partial charge in [0.25, 0.3) is 0 Å². The summed E-state index contributed by atoms with van der Waals surface area (Å²) in [6, 6.07) is 0.986. The van der Waals surface area contributed by atoms with Crippen LogP contribution in [0.3, 0.4) is 0 Å². The lowest BCUT2D eigenvalue weighted by Gasteiger charge is -2.30. The Morgan fingerprint density at radius 2 is 1.89 bits per heavy atom. The maximum absolute atomic E-state index is 5.66. The maximum atomic E-state index is 5.66. The van der Waals surface area contributed by atoms with E-state index in [9.17, 15) is 0 Å². The van der Waals surface area contributed by atoms with Crippen LogP contribution in [0.1, 0.15) is 27.7 Å². The Labute approximate surface area is 117 Å². The van der Waals surface area contributed by atoms with Crippen LogP contribution in [0.2, 0.25) is 0 Å². The second kappa shape index (κ2) is 6.89. The zero-order valence-electron chi connectivity index (χ0n) is 11.4. The van der Waals surface area contributed by atoms with Crippen LogP contribution in [0, 0.1) is 0 Å². The molecular formula is C12H21BrN4O. The zero-order valence-corrected chi connectivity index (χ0v) is 12.9. The molecule has 1 heterocycles. The van der Waals surface area contributed by atoms with E-state index >= 15 is 0 Å². The molecule has 0 bridgehead atoms. The Morgan fingerprint density at radius 3 is 2.44 bits per heavy atom. The van der Waals surface area contributed by atoms with Crippen molar-refractivity contribution in [3.05, 3.63) is 10.8 Å². The van der Waals surface area contributed by atoms with Crippen molar-refractivity contribution in [1.82, 2.24) is 14.9 Å². The highest BCUT2D eigenvalue weighted by Crippen LogP contribution is 2.25. The molecule has 0 spiro atoms. The highest BCUT2D eigenvalue weighted by atomic mass is 79.9. The largest absolute Gasteiger partial charge is 0.475 e. The number of hydrogen-bond acceptors (Lipinski definition) is 5. The molecule has 0 radical (unpaired) electrons. The van der Waals surface area contributed by atoms with Gasteiger partial charge < -0.3 is 10.5 Å². The van der Waals surface area contributed by atoms with Gasteiger partial charge in [-0.1, -0.05) is 0 Å². The second-order valence-corrected chi connectivity index (χ2v) is 5.44. The Balaban J connectivity index is 2.53. The first kappa shape index (κ1) is 15.2. The summed E-state index contributed by atoms with van der Waals surface area (Å²) < 4.78 is 6.25. The standard InChI is InChI=1S/C12H21BrN4O/c1-8(2)17(9(3)4)5-6-18-12-10(13)11(14)15-7-16-12/h7-9H,5-6H2,1-4H3,(H2,14,15,16). The van der Waals surface area contributed by atoms with Gasteiger partial charge in [-0.25, -0.2) is 9.97 Å². The lowest BCUT2D eigenvalue weighted by Crippen LogP contribution is -2.39. The summed E-state index contributed by atoms with van der Waals surface area (Å²) in [4.78, 5) is 10.3. The molecule has 6 heteroatoms. The summed E-state index contributed by atoms with van der Waals surface area (Å²) in [5, 5.41) is 0. The molecule has 5 nitrogen and oxygen atoms in total. The van der Waals surface area contributed by atoms with Gasteiger partial charge in [-0.3, -0.25) is 4.90 Å². The summed E-state index contributed by atoms with van der Waals surface area (Å²) >= 11 is 3.32. The lowest BCUT2D eigenvalue weighted by atomic mass is 10.2. The van der Waals surface area contributed by atoms with Gasteiger partial charge in [0.1, 0.15) is 23.2 Å². The molecule has 1 aromatic rings. The van der Waals surface area contributed by atoms with E-state index in [1.165, 1.54) is 6.33 Å². The summed E-state index contributed by atoms with van der Waals surface area (Å²) in [6.45, 7) is 10.1. The van der Waals surface area contributed by atoms with Crippen molar-refractivity contribution in [1.29, 1.82) is 0 Å². The number of ether oxygens (including phenoxy) is 1. The molecule has 0 saturated heterocycles. The molecule has 102 valence electrons. The zero-order chi connectivity index (χ0) is 13.7. The van der Waals surface area contributed by atoms with Crippen LogP contribution in [-0.4, -0.2) is 40.1 Å². The van der Waals surface area contributed by atoms with Crippen molar-refractivity contribution in [2.24, 2.45) is 0 Å². The van der Waals surface area contributed by atoms with Gasteiger partial charge in [0.05, 0.1) is 0 Å². The number of hydrogen-bond donors (Lipinski definition) is 1. The van der Waals surface area contributed by atoms with Crippen molar-refractivity contribution in [2.45, 2.75) is 39.8 Å². The number of aromatic nitrogens is 2. The van der Waals surface area contributed by atoms with Gasteiger partial charge >= 0.3 is 0 Å². The normalized spacial score (nSPS) is 11.6. The molecule has 18 heavy (non-hydrogen) atoms. The number of nitrogens with two attached hydrogens (primary N) is 1.